The maximum absolute atomic E-state index is 14.0. The van der Waals surface area contributed by atoms with Gasteiger partial charge in [-0.1, -0.05) is 29.3 Å². The van der Waals surface area contributed by atoms with Crippen LogP contribution in [0.15, 0.2) is 24.3 Å². The Kier molecular flexibility index (Phi) is 4.49. The molecule has 0 bridgehead atoms. The number of methoxy groups -OCH3 is 1. The van der Waals surface area contributed by atoms with Crippen LogP contribution in [0.1, 0.15) is 21.5 Å². The summed E-state index contributed by atoms with van der Waals surface area (Å²) in [7, 11) is 1.39. The van der Waals surface area contributed by atoms with E-state index in [0.29, 0.717) is 0 Å². The van der Waals surface area contributed by atoms with E-state index in [-0.39, 0.29) is 26.9 Å². The number of hydrogen-bond donors (Lipinski definition) is 0. The summed E-state index contributed by atoms with van der Waals surface area (Å²) in [5.41, 5.74) is -0.584. The van der Waals surface area contributed by atoms with Crippen molar-refractivity contribution < 1.29 is 18.3 Å². The molecule has 6 heteroatoms. The number of benzene rings is 2. The zero-order chi connectivity index (χ0) is 15.7. The fourth-order valence-electron chi connectivity index (χ4n) is 1.86. The number of carbonyl (C=O) groups excluding carboxylic acids is 1. The van der Waals surface area contributed by atoms with Crippen LogP contribution >= 0.6 is 23.2 Å². The number of carbonyl (C=O) groups is 1. The Hall–Kier alpha value is -1.65. The molecule has 2 aromatic carbocycles. The van der Waals surface area contributed by atoms with Gasteiger partial charge < -0.3 is 4.74 Å². The van der Waals surface area contributed by atoms with Crippen LogP contribution in [-0.2, 0) is 0 Å². The van der Waals surface area contributed by atoms with Crippen LogP contribution in [0, 0.1) is 18.6 Å². The molecule has 0 fully saturated rings. The Bertz CT molecular complexity index is 730. The van der Waals surface area contributed by atoms with E-state index in [1.165, 1.54) is 32.2 Å². The number of halogens is 4. The van der Waals surface area contributed by atoms with Crippen molar-refractivity contribution in [3.63, 3.8) is 0 Å². The molecule has 0 saturated carbocycles. The summed E-state index contributed by atoms with van der Waals surface area (Å²) in [6, 6.07) is 4.84. The highest BCUT2D eigenvalue weighted by Gasteiger charge is 2.23. The van der Waals surface area contributed by atoms with Gasteiger partial charge >= 0.3 is 0 Å². The summed E-state index contributed by atoms with van der Waals surface area (Å²) in [6.07, 6.45) is 0. The van der Waals surface area contributed by atoms with Gasteiger partial charge in [0.25, 0.3) is 0 Å². The first kappa shape index (κ1) is 15.7. The molecule has 110 valence electrons. The molecular weight excluding hydrogens is 321 g/mol. The molecule has 2 aromatic rings. The smallest absolute Gasteiger partial charge is 0.200 e. The first-order valence-corrected chi connectivity index (χ1v) is 6.64. The van der Waals surface area contributed by atoms with Crippen LogP contribution in [0.2, 0.25) is 10.0 Å². The van der Waals surface area contributed by atoms with Gasteiger partial charge in [-0.05, 0) is 24.6 Å². The van der Waals surface area contributed by atoms with Gasteiger partial charge in [0.05, 0.1) is 22.7 Å². The molecule has 2 nitrogen and oxygen atoms in total. The summed E-state index contributed by atoms with van der Waals surface area (Å²) in [4.78, 5) is 12.3. The first-order chi connectivity index (χ1) is 9.86. The summed E-state index contributed by atoms with van der Waals surface area (Å²) >= 11 is 11.9. The third-order valence-electron chi connectivity index (χ3n) is 3.00. The maximum atomic E-state index is 14.0. The quantitative estimate of drug-likeness (QED) is 0.754. The lowest BCUT2D eigenvalue weighted by Crippen LogP contribution is -2.09. The predicted octanol–water partition coefficient (Wildman–Crippen LogP) is 4.82. The lowest BCUT2D eigenvalue weighted by Gasteiger charge is -2.10. The number of ketones is 1. The molecule has 0 heterocycles. The van der Waals surface area contributed by atoms with Crippen molar-refractivity contribution in [1.29, 1.82) is 0 Å². The Morgan fingerprint density at radius 1 is 1.14 bits per heavy atom. The van der Waals surface area contributed by atoms with Crippen molar-refractivity contribution in [2.24, 2.45) is 0 Å². The second-order valence-corrected chi connectivity index (χ2v) is 5.16. The number of rotatable bonds is 3. The molecule has 0 aliphatic carbocycles. The van der Waals surface area contributed by atoms with E-state index in [4.69, 9.17) is 27.9 Å². The first-order valence-electron chi connectivity index (χ1n) is 5.89. The molecule has 2 rings (SSSR count). The predicted molar refractivity (Wildman–Crippen MR) is 77.5 cm³/mol. The lowest BCUT2D eigenvalue weighted by atomic mass is 10.00. The van der Waals surface area contributed by atoms with Crippen LogP contribution in [0.4, 0.5) is 8.78 Å². The SMILES string of the molecule is COc1cc(Cl)c(C(=O)c2c(F)ccc(C)c2F)cc1Cl. The van der Waals surface area contributed by atoms with Gasteiger partial charge in [-0.2, -0.15) is 0 Å². The minimum absolute atomic E-state index is 0.00144. The third-order valence-corrected chi connectivity index (χ3v) is 3.61. The van der Waals surface area contributed by atoms with E-state index < -0.39 is 23.0 Å². The second kappa shape index (κ2) is 6.00. The van der Waals surface area contributed by atoms with Gasteiger partial charge in [0, 0.05) is 11.6 Å². The van der Waals surface area contributed by atoms with Crippen LogP contribution in [0.25, 0.3) is 0 Å². The molecule has 0 saturated heterocycles. The van der Waals surface area contributed by atoms with Crippen molar-refractivity contribution in [3.8, 4) is 5.75 Å². The van der Waals surface area contributed by atoms with Crippen LogP contribution in [0.5, 0.6) is 5.75 Å². The number of ether oxygens (including phenoxy) is 1. The zero-order valence-corrected chi connectivity index (χ0v) is 12.6. The standard InChI is InChI=1S/C15H10Cl2F2O2/c1-7-3-4-11(18)13(14(7)19)15(20)8-5-10(17)12(21-2)6-9(8)16/h3-6H,1-2H3. The van der Waals surface area contributed by atoms with E-state index in [2.05, 4.69) is 0 Å². The molecule has 0 aliphatic heterocycles. The van der Waals surface area contributed by atoms with Crippen LogP contribution in [-0.4, -0.2) is 12.9 Å². The summed E-state index contributed by atoms with van der Waals surface area (Å²) in [5.74, 6) is -2.47. The summed E-state index contributed by atoms with van der Waals surface area (Å²) < 4.78 is 32.8. The van der Waals surface area contributed by atoms with E-state index in [1.807, 2.05) is 0 Å². The zero-order valence-electron chi connectivity index (χ0n) is 11.1. The van der Waals surface area contributed by atoms with E-state index in [0.717, 1.165) is 6.07 Å². The summed E-state index contributed by atoms with van der Waals surface area (Å²) in [6.45, 7) is 1.44. The Labute approximate surface area is 130 Å². The largest absolute Gasteiger partial charge is 0.495 e. The van der Waals surface area contributed by atoms with E-state index in [1.54, 1.807) is 0 Å². The molecular formula is C15H10Cl2F2O2. The van der Waals surface area contributed by atoms with Crippen molar-refractivity contribution in [1.82, 2.24) is 0 Å². The van der Waals surface area contributed by atoms with Gasteiger partial charge in [-0.15, -0.1) is 0 Å². The minimum Gasteiger partial charge on any atom is -0.495 e. The monoisotopic (exact) mass is 330 g/mol. The average Bonchev–Trinajstić information content (AvgIpc) is 2.45. The molecule has 21 heavy (non-hydrogen) atoms. The second-order valence-electron chi connectivity index (χ2n) is 4.35. The van der Waals surface area contributed by atoms with E-state index in [9.17, 15) is 13.6 Å². The Morgan fingerprint density at radius 2 is 1.81 bits per heavy atom. The number of aryl methyl sites for hydroxylation is 1. The normalized spacial score (nSPS) is 10.6. The topological polar surface area (TPSA) is 26.3 Å². The van der Waals surface area contributed by atoms with Crippen LogP contribution in [0.3, 0.4) is 0 Å². The van der Waals surface area contributed by atoms with Gasteiger partial charge in [0.2, 0.25) is 5.78 Å². The van der Waals surface area contributed by atoms with Crippen molar-refractivity contribution in [3.05, 3.63) is 62.6 Å². The molecule has 0 atom stereocenters. The Morgan fingerprint density at radius 3 is 2.43 bits per heavy atom. The molecule has 0 N–H and O–H groups in total. The average molecular weight is 331 g/mol. The van der Waals surface area contributed by atoms with E-state index >= 15 is 0 Å². The fourth-order valence-corrected chi connectivity index (χ4v) is 2.34. The van der Waals surface area contributed by atoms with Crippen molar-refractivity contribution in [2.45, 2.75) is 6.92 Å². The molecule has 0 aromatic heterocycles. The van der Waals surface area contributed by atoms with Crippen molar-refractivity contribution in [2.75, 3.05) is 7.11 Å². The molecule has 0 aliphatic rings. The highest BCUT2D eigenvalue weighted by atomic mass is 35.5. The summed E-state index contributed by atoms with van der Waals surface area (Å²) in [5, 5.41) is 0.125. The third kappa shape index (κ3) is 2.87. The Balaban J connectivity index is 2.61. The van der Waals surface area contributed by atoms with Crippen LogP contribution < -0.4 is 4.74 Å². The molecule has 0 radical (unpaired) electrons. The van der Waals surface area contributed by atoms with Gasteiger partial charge in [-0.25, -0.2) is 8.78 Å². The maximum Gasteiger partial charge on any atom is 0.200 e. The molecule has 0 spiro atoms. The van der Waals surface area contributed by atoms with Crippen molar-refractivity contribution >= 4 is 29.0 Å². The van der Waals surface area contributed by atoms with Gasteiger partial charge in [-0.3, -0.25) is 4.79 Å². The highest BCUT2D eigenvalue weighted by Crippen LogP contribution is 2.33. The van der Waals surface area contributed by atoms with Gasteiger partial charge in [0.1, 0.15) is 17.4 Å². The van der Waals surface area contributed by atoms with Gasteiger partial charge in [0.15, 0.2) is 0 Å². The minimum atomic E-state index is -0.953. The molecule has 0 unspecified atom stereocenters. The number of hydrogen-bond acceptors (Lipinski definition) is 2. The highest BCUT2D eigenvalue weighted by molar-refractivity contribution is 6.37. The fraction of sp³-hybridized carbons (Fsp3) is 0.133. The molecule has 0 amide bonds. The lowest BCUT2D eigenvalue weighted by molar-refractivity contribution is 0.103.